The zero-order chi connectivity index (χ0) is 25.5. The fourth-order valence-electron chi connectivity index (χ4n) is 3.33. The van der Waals surface area contributed by atoms with Crippen molar-refractivity contribution in [3.63, 3.8) is 0 Å². The maximum atomic E-state index is 12.6. The van der Waals surface area contributed by atoms with Crippen molar-refractivity contribution in [2.45, 2.75) is 19.0 Å². The van der Waals surface area contributed by atoms with Gasteiger partial charge >= 0.3 is 0 Å². The fraction of sp³-hybridized carbons (Fsp3) is 0.154. The number of nitrogens with zero attached hydrogens (tertiary/aromatic N) is 4. The lowest BCUT2D eigenvalue weighted by atomic mass is 10.1. The Morgan fingerprint density at radius 1 is 1.11 bits per heavy atom. The summed E-state index contributed by atoms with van der Waals surface area (Å²) in [5, 5.41) is 14.2. The lowest BCUT2D eigenvalue weighted by Crippen LogP contribution is -2.21. The summed E-state index contributed by atoms with van der Waals surface area (Å²) >= 11 is 10.8. The van der Waals surface area contributed by atoms with Gasteiger partial charge in [-0.15, -0.1) is 10.2 Å². The lowest BCUT2D eigenvalue weighted by molar-refractivity contribution is -0.118. The summed E-state index contributed by atoms with van der Waals surface area (Å²) in [5.41, 5.74) is 5.94. The monoisotopic (exact) mass is 583 g/mol. The molecule has 7 nitrogen and oxygen atoms in total. The van der Waals surface area contributed by atoms with Crippen molar-refractivity contribution in [3.8, 4) is 22.8 Å². The number of amides is 1. The Balaban J connectivity index is 1.54. The highest BCUT2D eigenvalue weighted by Crippen LogP contribution is 2.29. The topological polar surface area (TPSA) is 81.4 Å². The minimum Gasteiger partial charge on any atom is -0.494 e. The lowest BCUT2D eigenvalue weighted by Gasteiger charge is -2.11. The molecule has 1 heterocycles. The van der Waals surface area contributed by atoms with Gasteiger partial charge in [0.1, 0.15) is 5.75 Å². The number of ether oxygens (including phenoxy) is 1. The van der Waals surface area contributed by atoms with Gasteiger partial charge in [-0.2, -0.15) is 5.10 Å². The summed E-state index contributed by atoms with van der Waals surface area (Å²) in [4.78, 5) is 12.6. The highest BCUT2D eigenvalue weighted by Gasteiger charge is 2.17. The van der Waals surface area contributed by atoms with E-state index in [1.165, 1.54) is 11.8 Å². The molecule has 0 saturated carbocycles. The predicted octanol–water partition coefficient (Wildman–Crippen LogP) is 6.38. The first kappa shape index (κ1) is 25.9. The van der Waals surface area contributed by atoms with Gasteiger partial charge in [0.15, 0.2) is 11.0 Å². The molecule has 0 unspecified atom stereocenters. The summed E-state index contributed by atoms with van der Waals surface area (Å²) < 4.78 is 8.43. The molecule has 4 rings (SSSR count). The van der Waals surface area contributed by atoms with Gasteiger partial charge in [-0.25, -0.2) is 5.43 Å². The molecule has 0 bridgehead atoms. The van der Waals surface area contributed by atoms with Crippen molar-refractivity contribution >= 4 is 50.9 Å². The van der Waals surface area contributed by atoms with E-state index in [1.807, 2.05) is 79.1 Å². The molecule has 4 aromatic rings. The zero-order valence-electron chi connectivity index (χ0n) is 19.6. The Hall–Kier alpha value is -3.14. The second kappa shape index (κ2) is 12.2. The maximum Gasteiger partial charge on any atom is 0.250 e. The second-order valence-electron chi connectivity index (χ2n) is 7.61. The van der Waals surface area contributed by atoms with Gasteiger partial charge in [0, 0.05) is 20.7 Å². The Morgan fingerprint density at radius 3 is 2.56 bits per heavy atom. The van der Waals surface area contributed by atoms with Crippen molar-refractivity contribution < 1.29 is 9.53 Å². The summed E-state index contributed by atoms with van der Waals surface area (Å²) in [7, 11) is 0. The minimum atomic E-state index is -0.247. The predicted molar refractivity (Wildman–Crippen MR) is 148 cm³/mol. The number of rotatable bonds is 9. The highest BCUT2D eigenvalue weighted by molar-refractivity contribution is 9.10. The Morgan fingerprint density at radius 2 is 1.86 bits per heavy atom. The first-order chi connectivity index (χ1) is 17.4. The molecule has 184 valence electrons. The molecular weight excluding hydrogens is 562 g/mol. The molecule has 36 heavy (non-hydrogen) atoms. The molecular formula is C26H23BrClN5O2S. The summed E-state index contributed by atoms with van der Waals surface area (Å²) in [5.74, 6) is 1.28. The number of aromatic nitrogens is 3. The largest absolute Gasteiger partial charge is 0.494 e. The first-order valence-corrected chi connectivity index (χ1v) is 13.3. The standard InChI is InChI=1S/C26H23BrClN5O2S/c1-3-35-23-13-11-22(12-14-23)33-25(18-7-9-21(28)10-8-18)31-32-26(33)36-16-24(34)30-29-17(2)19-5-4-6-20(27)15-19/h4-15H,3,16H2,1-2H3,(H,30,34). The molecule has 0 fully saturated rings. The second-order valence-corrected chi connectivity index (χ2v) is 9.90. The van der Waals surface area contributed by atoms with Crippen LogP contribution in [-0.4, -0.2) is 38.7 Å². The van der Waals surface area contributed by atoms with Crippen LogP contribution in [0.1, 0.15) is 19.4 Å². The minimum absolute atomic E-state index is 0.116. The molecule has 3 aromatic carbocycles. The van der Waals surface area contributed by atoms with Crippen LogP contribution in [0.2, 0.25) is 5.02 Å². The molecule has 1 amide bonds. The number of hydrazone groups is 1. The third-order valence-electron chi connectivity index (χ3n) is 5.06. The molecule has 0 atom stereocenters. The highest BCUT2D eigenvalue weighted by atomic mass is 79.9. The summed E-state index contributed by atoms with van der Waals surface area (Å²) in [6, 6.07) is 22.8. The normalized spacial score (nSPS) is 11.4. The number of thioether (sulfide) groups is 1. The Bertz CT molecular complexity index is 1370. The van der Waals surface area contributed by atoms with E-state index < -0.39 is 0 Å². The van der Waals surface area contributed by atoms with Crippen LogP contribution in [0.4, 0.5) is 0 Å². The number of nitrogens with one attached hydrogen (secondary N) is 1. The smallest absolute Gasteiger partial charge is 0.250 e. The summed E-state index contributed by atoms with van der Waals surface area (Å²) in [6.07, 6.45) is 0. The van der Waals surface area contributed by atoms with E-state index in [2.05, 4.69) is 36.7 Å². The van der Waals surface area contributed by atoms with Crippen molar-refractivity contribution in [1.82, 2.24) is 20.2 Å². The third-order valence-corrected chi connectivity index (χ3v) is 6.74. The molecule has 0 saturated heterocycles. The van der Waals surface area contributed by atoms with Crippen LogP contribution in [-0.2, 0) is 4.79 Å². The van der Waals surface area contributed by atoms with E-state index in [-0.39, 0.29) is 11.7 Å². The van der Waals surface area contributed by atoms with E-state index in [0.717, 1.165) is 27.0 Å². The van der Waals surface area contributed by atoms with Crippen LogP contribution < -0.4 is 10.2 Å². The Kier molecular flexibility index (Phi) is 8.79. The van der Waals surface area contributed by atoms with E-state index in [1.54, 1.807) is 12.1 Å². The van der Waals surface area contributed by atoms with Gasteiger partial charge in [0.05, 0.1) is 18.1 Å². The molecule has 1 aromatic heterocycles. The van der Waals surface area contributed by atoms with Crippen LogP contribution in [0.3, 0.4) is 0 Å². The van der Waals surface area contributed by atoms with Crippen molar-refractivity contribution in [2.75, 3.05) is 12.4 Å². The summed E-state index contributed by atoms with van der Waals surface area (Å²) in [6.45, 7) is 4.37. The third kappa shape index (κ3) is 6.54. The Labute approximate surface area is 227 Å². The number of hydrogen-bond donors (Lipinski definition) is 1. The molecule has 10 heteroatoms. The van der Waals surface area contributed by atoms with E-state index in [4.69, 9.17) is 16.3 Å². The van der Waals surface area contributed by atoms with Gasteiger partial charge in [0.25, 0.3) is 5.91 Å². The average molecular weight is 585 g/mol. The number of hydrogen-bond acceptors (Lipinski definition) is 6. The molecule has 0 spiro atoms. The number of benzene rings is 3. The maximum absolute atomic E-state index is 12.6. The van der Waals surface area contributed by atoms with Crippen molar-refractivity contribution in [2.24, 2.45) is 5.10 Å². The van der Waals surface area contributed by atoms with Gasteiger partial charge in [-0.3, -0.25) is 9.36 Å². The van der Waals surface area contributed by atoms with Crippen LogP contribution >= 0.6 is 39.3 Å². The molecule has 0 aliphatic rings. The van der Waals surface area contributed by atoms with Crippen LogP contribution in [0.5, 0.6) is 5.75 Å². The van der Waals surface area contributed by atoms with Crippen molar-refractivity contribution in [1.29, 1.82) is 0 Å². The molecule has 0 aliphatic carbocycles. The van der Waals surface area contributed by atoms with E-state index in [9.17, 15) is 4.79 Å². The molecule has 1 N–H and O–H groups in total. The first-order valence-electron chi connectivity index (χ1n) is 11.1. The fourth-order valence-corrected chi connectivity index (χ4v) is 4.60. The molecule has 0 aliphatic heterocycles. The number of halogens is 2. The zero-order valence-corrected chi connectivity index (χ0v) is 22.8. The van der Waals surface area contributed by atoms with E-state index in [0.29, 0.717) is 28.3 Å². The van der Waals surface area contributed by atoms with Gasteiger partial charge in [0.2, 0.25) is 0 Å². The van der Waals surface area contributed by atoms with Gasteiger partial charge in [-0.05, 0) is 80.1 Å². The molecule has 0 radical (unpaired) electrons. The number of carbonyl (C=O) groups is 1. The number of carbonyl (C=O) groups excluding carboxylic acids is 1. The van der Waals surface area contributed by atoms with Crippen LogP contribution in [0, 0.1) is 0 Å². The average Bonchev–Trinajstić information content (AvgIpc) is 3.31. The van der Waals surface area contributed by atoms with E-state index >= 15 is 0 Å². The van der Waals surface area contributed by atoms with Crippen molar-refractivity contribution in [3.05, 3.63) is 87.9 Å². The van der Waals surface area contributed by atoms with Crippen LogP contribution in [0.15, 0.2) is 87.5 Å². The van der Waals surface area contributed by atoms with Gasteiger partial charge < -0.3 is 4.74 Å². The SMILES string of the molecule is CCOc1ccc(-n2c(SCC(=O)NN=C(C)c3cccc(Br)c3)nnc2-c2ccc(Cl)cc2)cc1. The quantitative estimate of drug-likeness (QED) is 0.140. The van der Waals surface area contributed by atoms with Crippen LogP contribution in [0.25, 0.3) is 17.1 Å². The van der Waals surface area contributed by atoms with Gasteiger partial charge in [-0.1, -0.05) is 51.4 Å².